The molecule has 27 heavy (non-hydrogen) atoms. The molecule has 0 spiro atoms. The average Bonchev–Trinajstić information content (AvgIpc) is 2.72. The van der Waals surface area contributed by atoms with Gasteiger partial charge in [0.15, 0.2) is 0 Å². The number of carbonyl (C=O) groups excluding carboxylic acids is 1. The highest BCUT2D eigenvalue weighted by Gasteiger charge is 2.44. The molecule has 2 aromatic rings. The highest BCUT2D eigenvalue weighted by atomic mass is 16.2. The molecule has 2 aromatic carbocycles. The SMILES string of the molecule is O=C1N[C@H]2CCCC[C@H]2[C@H](c2ccccc2)[C@H]1CCCNc1ccccc1. The number of piperidine rings is 1. The van der Waals surface area contributed by atoms with Crippen LogP contribution in [-0.2, 0) is 4.79 Å². The highest BCUT2D eigenvalue weighted by Crippen LogP contribution is 2.45. The number of benzene rings is 2. The van der Waals surface area contributed by atoms with Gasteiger partial charge in [0.2, 0.25) is 5.91 Å². The van der Waals surface area contributed by atoms with Gasteiger partial charge in [0.05, 0.1) is 0 Å². The molecule has 0 unspecified atom stereocenters. The fraction of sp³-hybridized carbons (Fsp3) is 0.458. The first-order chi connectivity index (χ1) is 13.3. The molecule has 2 N–H and O–H groups in total. The number of hydrogen-bond donors (Lipinski definition) is 2. The number of para-hydroxylation sites is 1. The first kappa shape index (κ1) is 18.1. The van der Waals surface area contributed by atoms with Crippen LogP contribution in [0.4, 0.5) is 5.69 Å². The van der Waals surface area contributed by atoms with E-state index in [2.05, 4.69) is 53.1 Å². The second-order valence-corrected chi connectivity index (χ2v) is 8.04. The van der Waals surface area contributed by atoms with Gasteiger partial charge >= 0.3 is 0 Å². The van der Waals surface area contributed by atoms with Crippen molar-refractivity contribution >= 4 is 11.6 Å². The highest BCUT2D eigenvalue weighted by molar-refractivity contribution is 5.81. The minimum absolute atomic E-state index is 0.0873. The molecular formula is C24H30N2O. The quantitative estimate of drug-likeness (QED) is 0.713. The van der Waals surface area contributed by atoms with Crippen molar-refractivity contribution in [3.05, 3.63) is 66.2 Å². The number of nitrogens with one attached hydrogen (secondary N) is 2. The van der Waals surface area contributed by atoms with Gasteiger partial charge in [0.25, 0.3) is 0 Å². The van der Waals surface area contributed by atoms with E-state index in [0.717, 1.165) is 31.5 Å². The predicted octanol–water partition coefficient (Wildman–Crippen LogP) is 4.97. The number of rotatable bonds is 6. The number of carbonyl (C=O) groups is 1. The van der Waals surface area contributed by atoms with Crippen LogP contribution in [0.2, 0.25) is 0 Å². The van der Waals surface area contributed by atoms with E-state index in [4.69, 9.17) is 0 Å². The lowest BCUT2D eigenvalue weighted by Gasteiger charge is -2.46. The van der Waals surface area contributed by atoms with E-state index in [-0.39, 0.29) is 11.8 Å². The molecule has 2 fully saturated rings. The molecule has 4 rings (SSSR count). The van der Waals surface area contributed by atoms with Crippen LogP contribution in [-0.4, -0.2) is 18.5 Å². The Morgan fingerprint density at radius 1 is 0.926 bits per heavy atom. The lowest BCUT2D eigenvalue weighted by Crippen LogP contribution is -2.54. The van der Waals surface area contributed by atoms with E-state index in [9.17, 15) is 4.79 Å². The normalized spacial score (nSPS) is 27.5. The van der Waals surface area contributed by atoms with Crippen molar-refractivity contribution in [2.24, 2.45) is 11.8 Å². The van der Waals surface area contributed by atoms with Gasteiger partial charge in [-0.25, -0.2) is 0 Å². The Kier molecular flexibility index (Phi) is 5.76. The zero-order valence-corrected chi connectivity index (χ0v) is 15.9. The molecule has 1 heterocycles. The van der Waals surface area contributed by atoms with Gasteiger partial charge in [-0.2, -0.15) is 0 Å². The first-order valence-corrected chi connectivity index (χ1v) is 10.5. The van der Waals surface area contributed by atoms with Crippen molar-refractivity contribution in [2.45, 2.75) is 50.5 Å². The summed E-state index contributed by atoms with van der Waals surface area (Å²) in [6.07, 6.45) is 6.87. The minimum Gasteiger partial charge on any atom is -0.385 e. The molecule has 3 heteroatoms. The van der Waals surface area contributed by atoms with Gasteiger partial charge in [-0.3, -0.25) is 4.79 Å². The fourth-order valence-electron chi connectivity index (χ4n) is 5.10. The molecule has 3 nitrogen and oxygen atoms in total. The van der Waals surface area contributed by atoms with Gasteiger partial charge < -0.3 is 10.6 Å². The summed E-state index contributed by atoms with van der Waals surface area (Å²) in [6, 6.07) is 21.4. The topological polar surface area (TPSA) is 41.1 Å². The second kappa shape index (κ2) is 8.60. The minimum atomic E-state index is 0.0873. The molecule has 1 aliphatic heterocycles. The largest absolute Gasteiger partial charge is 0.385 e. The smallest absolute Gasteiger partial charge is 0.223 e. The van der Waals surface area contributed by atoms with E-state index in [1.807, 2.05) is 18.2 Å². The molecule has 1 saturated carbocycles. The number of amides is 1. The van der Waals surface area contributed by atoms with Gasteiger partial charge in [0, 0.05) is 30.1 Å². The molecule has 1 saturated heterocycles. The summed E-state index contributed by atoms with van der Waals surface area (Å²) in [5, 5.41) is 6.85. The van der Waals surface area contributed by atoms with Crippen molar-refractivity contribution in [1.29, 1.82) is 0 Å². The lowest BCUT2D eigenvalue weighted by molar-refractivity contribution is -0.131. The average molecular weight is 363 g/mol. The van der Waals surface area contributed by atoms with Gasteiger partial charge in [-0.15, -0.1) is 0 Å². The summed E-state index contributed by atoms with van der Waals surface area (Å²) in [5.41, 5.74) is 2.50. The zero-order chi connectivity index (χ0) is 18.5. The van der Waals surface area contributed by atoms with E-state index in [1.165, 1.54) is 24.8 Å². The number of anilines is 1. The van der Waals surface area contributed by atoms with Gasteiger partial charge in [-0.05, 0) is 49.3 Å². The summed E-state index contributed by atoms with van der Waals surface area (Å²) >= 11 is 0. The summed E-state index contributed by atoms with van der Waals surface area (Å²) in [4.78, 5) is 13.0. The maximum Gasteiger partial charge on any atom is 0.223 e. The van der Waals surface area contributed by atoms with Gasteiger partial charge in [0.1, 0.15) is 0 Å². The maximum atomic E-state index is 13.0. The van der Waals surface area contributed by atoms with Crippen LogP contribution in [0.15, 0.2) is 60.7 Å². The summed E-state index contributed by atoms with van der Waals surface area (Å²) < 4.78 is 0. The predicted molar refractivity (Wildman–Crippen MR) is 111 cm³/mol. The van der Waals surface area contributed by atoms with Crippen molar-refractivity contribution in [1.82, 2.24) is 5.32 Å². The summed E-state index contributed by atoms with van der Waals surface area (Å²) in [6.45, 7) is 0.906. The van der Waals surface area contributed by atoms with Crippen LogP contribution in [0, 0.1) is 11.8 Å². The van der Waals surface area contributed by atoms with Crippen molar-refractivity contribution < 1.29 is 4.79 Å². The van der Waals surface area contributed by atoms with Crippen LogP contribution in [0.5, 0.6) is 0 Å². The van der Waals surface area contributed by atoms with Gasteiger partial charge in [-0.1, -0.05) is 61.4 Å². The Morgan fingerprint density at radius 3 is 2.41 bits per heavy atom. The molecule has 0 bridgehead atoms. The Balaban J connectivity index is 1.45. The molecule has 2 aliphatic rings. The van der Waals surface area contributed by atoms with Crippen LogP contribution in [0.25, 0.3) is 0 Å². The third-order valence-corrected chi connectivity index (χ3v) is 6.36. The third-order valence-electron chi connectivity index (χ3n) is 6.36. The number of hydrogen-bond acceptors (Lipinski definition) is 2. The Labute approximate surface area is 162 Å². The zero-order valence-electron chi connectivity index (χ0n) is 15.9. The third kappa shape index (κ3) is 4.18. The number of fused-ring (bicyclic) bond motifs is 1. The molecular weight excluding hydrogens is 332 g/mol. The molecule has 1 amide bonds. The van der Waals surface area contributed by atoms with Crippen LogP contribution < -0.4 is 10.6 Å². The monoisotopic (exact) mass is 362 g/mol. The fourth-order valence-corrected chi connectivity index (χ4v) is 5.10. The molecule has 1 aliphatic carbocycles. The molecule has 4 atom stereocenters. The summed E-state index contributed by atoms with van der Waals surface area (Å²) in [5.74, 6) is 1.31. The Morgan fingerprint density at radius 2 is 1.63 bits per heavy atom. The molecule has 0 radical (unpaired) electrons. The van der Waals surface area contributed by atoms with Crippen LogP contribution in [0.3, 0.4) is 0 Å². The summed E-state index contributed by atoms with van der Waals surface area (Å²) in [7, 11) is 0. The molecule has 142 valence electrons. The van der Waals surface area contributed by atoms with E-state index < -0.39 is 0 Å². The lowest BCUT2D eigenvalue weighted by atomic mass is 9.65. The van der Waals surface area contributed by atoms with Crippen molar-refractivity contribution in [2.75, 3.05) is 11.9 Å². The Bertz CT molecular complexity index is 731. The van der Waals surface area contributed by atoms with E-state index >= 15 is 0 Å². The Hall–Kier alpha value is -2.29. The van der Waals surface area contributed by atoms with Crippen LogP contribution >= 0.6 is 0 Å². The van der Waals surface area contributed by atoms with Crippen LogP contribution in [0.1, 0.15) is 50.0 Å². The standard InChI is InChI=1S/C24H30N2O/c27-24-21(15-9-17-25-19-12-5-2-6-13-19)23(18-10-3-1-4-11-18)20-14-7-8-16-22(20)26-24/h1-6,10-13,20-23,25H,7-9,14-17H2,(H,26,27)/t20-,21-,22+,23+/m1/s1. The first-order valence-electron chi connectivity index (χ1n) is 10.5. The van der Waals surface area contributed by atoms with E-state index in [0.29, 0.717) is 17.9 Å². The maximum absolute atomic E-state index is 13.0. The van der Waals surface area contributed by atoms with E-state index in [1.54, 1.807) is 0 Å². The van der Waals surface area contributed by atoms with Crippen molar-refractivity contribution in [3.63, 3.8) is 0 Å². The van der Waals surface area contributed by atoms with Crippen molar-refractivity contribution in [3.8, 4) is 0 Å². The second-order valence-electron chi connectivity index (χ2n) is 8.04. The molecule has 0 aromatic heterocycles.